The van der Waals surface area contributed by atoms with Crippen LogP contribution in [0.15, 0.2) is 17.3 Å². The summed E-state index contributed by atoms with van der Waals surface area (Å²) in [6.07, 6.45) is 4.25. The van der Waals surface area contributed by atoms with Gasteiger partial charge in [0, 0.05) is 12.2 Å². The van der Waals surface area contributed by atoms with Gasteiger partial charge in [0.05, 0.1) is 19.2 Å². The fourth-order valence-electron chi connectivity index (χ4n) is 1.97. The fraction of sp³-hybridized carbons (Fsp3) is 0.692. The zero-order chi connectivity index (χ0) is 16.0. The quantitative estimate of drug-likeness (QED) is 0.718. The Morgan fingerprint density at radius 1 is 1.48 bits per heavy atom. The lowest BCUT2D eigenvalue weighted by Gasteiger charge is -2.16. The lowest BCUT2D eigenvalue weighted by Crippen LogP contribution is -2.33. The summed E-state index contributed by atoms with van der Waals surface area (Å²) >= 11 is 0. The van der Waals surface area contributed by atoms with Crippen LogP contribution in [-0.4, -0.2) is 35.3 Å². The van der Waals surface area contributed by atoms with E-state index in [1.165, 1.54) is 17.1 Å². The number of aromatic nitrogens is 2. The number of nitrogens with zero attached hydrogens (tertiary/aromatic N) is 2. The molecule has 7 nitrogen and oxygen atoms in total. The molecule has 0 aliphatic carbocycles. The van der Waals surface area contributed by atoms with Gasteiger partial charge in [-0.05, 0) is 19.3 Å². The van der Waals surface area contributed by atoms with E-state index in [9.17, 15) is 13.2 Å². The van der Waals surface area contributed by atoms with E-state index in [0.29, 0.717) is 5.92 Å². The monoisotopic (exact) mass is 317 g/mol. The van der Waals surface area contributed by atoms with Gasteiger partial charge in [0.25, 0.3) is 0 Å². The van der Waals surface area contributed by atoms with Crippen LogP contribution in [0.3, 0.4) is 0 Å². The Hall–Kier alpha value is -1.41. The SMILES string of the molecule is CCC(C)CC(C)NS(=O)(=O)c1cnn(CCC(=O)O)c1. The van der Waals surface area contributed by atoms with E-state index in [4.69, 9.17) is 5.11 Å². The second kappa shape index (κ2) is 7.56. The number of carbonyl (C=O) groups is 1. The normalized spacial score (nSPS) is 14.8. The summed E-state index contributed by atoms with van der Waals surface area (Å²) in [7, 11) is -3.61. The molecule has 2 N–H and O–H groups in total. The lowest BCUT2D eigenvalue weighted by molar-refractivity contribution is -0.137. The summed E-state index contributed by atoms with van der Waals surface area (Å²) in [6.45, 7) is 6.12. The van der Waals surface area contributed by atoms with Gasteiger partial charge in [0.1, 0.15) is 4.90 Å². The molecule has 0 aliphatic heterocycles. The van der Waals surface area contributed by atoms with Crippen molar-refractivity contribution in [3.8, 4) is 0 Å². The number of carboxylic acids is 1. The van der Waals surface area contributed by atoms with Crippen molar-refractivity contribution < 1.29 is 18.3 Å². The standard InChI is InChI=1S/C13H23N3O4S/c1-4-10(2)7-11(3)15-21(19,20)12-8-14-16(9-12)6-5-13(17)18/h8-11,15H,4-7H2,1-3H3,(H,17,18). The molecule has 0 amide bonds. The van der Waals surface area contributed by atoms with Gasteiger partial charge in [-0.3, -0.25) is 9.48 Å². The van der Waals surface area contributed by atoms with Crippen LogP contribution in [-0.2, 0) is 21.4 Å². The number of aryl methyl sites for hydroxylation is 1. The second-order valence-electron chi connectivity index (χ2n) is 5.35. The predicted octanol–water partition coefficient (Wildman–Crippen LogP) is 1.46. The number of carboxylic acid groups (broad SMARTS) is 1. The molecule has 0 spiro atoms. The predicted molar refractivity (Wildman–Crippen MR) is 78.3 cm³/mol. The van der Waals surface area contributed by atoms with Gasteiger partial charge in [-0.15, -0.1) is 0 Å². The van der Waals surface area contributed by atoms with Crippen LogP contribution in [0.2, 0.25) is 0 Å². The molecule has 0 radical (unpaired) electrons. The van der Waals surface area contributed by atoms with Crippen LogP contribution >= 0.6 is 0 Å². The maximum atomic E-state index is 12.2. The van der Waals surface area contributed by atoms with Crippen LogP contribution < -0.4 is 4.72 Å². The highest BCUT2D eigenvalue weighted by atomic mass is 32.2. The number of rotatable bonds is 9. The van der Waals surface area contributed by atoms with E-state index in [1.807, 2.05) is 6.92 Å². The molecule has 0 saturated heterocycles. The summed E-state index contributed by atoms with van der Waals surface area (Å²) in [6, 6.07) is -0.160. The summed E-state index contributed by atoms with van der Waals surface area (Å²) in [5.41, 5.74) is 0. The minimum absolute atomic E-state index is 0.0592. The first-order valence-electron chi connectivity index (χ1n) is 7.01. The van der Waals surface area contributed by atoms with E-state index < -0.39 is 16.0 Å². The van der Waals surface area contributed by atoms with Crippen LogP contribution in [0.25, 0.3) is 0 Å². The summed E-state index contributed by atoms with van der Waals surface area (Å²) in [5.74, 6) is -0.504. The number of nitrogens with one attached hydrogen (secondary N) is 1. The number of hydrogen-bond acceptors (Lipinski definition) is 4. The zero-order valence-electron chi connectivity index (χ0n) is 12.6. The minimum Gasteiger partial charge on any atom is -0.481 e. The first kappa shape index (κ1) is 17.6. The van der Waals surface area contributed by atoms with Crippen LogP contribution in [0, 0.1) is 5.92 Å². The van der Waals surface area contributed by atoms with Crippen molar-refractivity contribution in [2.24, 2.45) is 5.92 Å². The summed E-state index contributed by atoms with van der Waals surface area (Å²) in [4.78, 5) is 10.5. The molecule has 0 saturated carbocycles. The summed E-state index contributed by atoms with van der Waals surface area (Å²) in [5, 5.41) is 12.5. The third kappa shape index (κ3) is 5.84. The van der Waals surface area contributed by atoms with Crippen LogP contribution in [0.5, 0.6) is 0 Å². The Balaban J connectivity index is 2.68. The van der Waals surface area contributed by atoms with E-state index >= 15 is 0 Å². The zero-order valence-corrected chi connectivity index (χ0v) is 13.4. The molecule has 21 heavy (non-hydrogen) atoms. The van der Waals surface area contributed by atoms with Crippen molar-refractivity contribution in [3.63, 3.8) is 0 Å². The first-order chi connectivity index (χ1) is 9.74. The molecule has 2 atom stereocenters. The maximum Gasteiger partial charge on any atom is 0.305 e. The highest BCUT2D eigenvalue weighted by Gasteiger charge is 2.20. The average Bonchev–Trinajstić information content (AvgIpc) is 2.84. The van der Waals surface area contributed by atoms with Crippen LogP contribution in [0.4, 0.5) is 0 Å². The number of aliphatic carboxylic acids is 1. The topological polar surface area (TPSA) is 101 Å². The highest BCUT2D eigenvalue weighted by Crippen LogP contribution is 2.13. The molecule has 0 aromatic carbocycles. The average molecular weight is 317 g/mol. The van der Waals surface area contributed by atoms with Gasteiger partial charge < -0.3 is 5.11 Å². The van der Waals surface area contributed by atoms with E-state index in [0.717, 1.165) is 12.8 Å². The van der Waals surface area contributed by atoms with Gasteiger partial charge in [-0.25, -0.2) is 13.1 Å². The molecule has 0 bridgehead atoms. The van der Waals surface area contributed by atoms with Crippen molar-refractivity contribution in [2.45, 2.75) is 57.5 Å². The Kier molecular flexibility index (Phi) is 6.35. The molecule has 8 heteroatoms. The van der Waals surface area contributed by atoms with Crippen molar-refractivity contribution in [3.05, 3.63) is 12.4 Å². The third-order valence-electron chi connectivity index (χ3n) is 3.28. The van der Waals surface area contributed by atoms with Gasteiger partial charge in [-0.1, -0.05) is 20.3 Å². The highest BCUT2D eigenvalue weighted by molar-refractivity contribution is 7.89. The Morgan fingerprint density at radius 2 is 2.14 bits per heavy atom. The van der Waals surface area contributed by atoms with Crippen molar-refractivity contribution in [1.82, 2.24) is 14.5 Å². The molecule has 1 heterocycles. The largest absolute Gasteiger partial charge is 0.481 e. The fourth-order valence-corrected chi connectivity index (χ4v) is 3.18. The second-order valence-corrected chi connectivity index (χ2v) is 7.07. The molecular weight excluding hydrogens is 294 g/mol. The number of hydrogen-bond donors (Lipinski definition) is 2. The van der Waals surface area contributed by atoms with Crippen molar-refractivity contribution in [1.29, 1.82) is 0 Å². The summed E-state index contributed by atoms with van der Waals surface area (Å²) < 4.78 is 28.3. The molecule has 0 fully saturated rings. The smallest absolute Gasteiger partial charge is 0.305 e. The van der Waals surface area contributed by atoms with Gasteiger partial charge in [0.2, 0.25) is 10.0 Å². The van der Waals surface area contributed by atoms with E-state index in [2.05, 4.69) is 23.7 Å². The van der Waals surface area contributed by atoms with Crippen LogP contribution in [0.1, 0.15) is 40.0 Å². The van der Waals surface area contributed by atoms with Gasteiger partial charge in [-0.2, -0.15) is 5.10 Å². The van der Waals surface area contributed by atoms with Gasteiger partial charge in [0.15, 0.2) is 0 Å². The molecule has 0 aliphatic rings. The Labute approximate surface area is 125 Å². The molecular formula is C13H23N3O4S. The van der Waals surface area contributed by atoms with E-state index in [-0.39, 0.29) is 23.9 Å². The lowest BCUT2D eigenvalue weighted by atomic mass is 10.0. The first-order valence-corrected chi connectivity index (χ1v) is 8.49. The van der Waals surface area contributed by atoms with E-state index in [1.54, 1.807) is 0 Å². The minimum atomic E-state index is -3.61. The van der Waals surface area contributed by atoms with Crippen molar-refractivity contribution in [2.75, 3.05) is 0 Å². The van der Waals surface area contributed by atoms with Gasteiger partial charge >= 0.3 is 5.97 Å². The van der Waals surface area contributed by atoms with Crippen molar-refractivity contribution >= 4 is 16.0 Å². The number of sulfonamides is 1. The molecule has 1 rings (SSSR count). The molecule has 120 valence electrons. The Morgan fingerprint density at radius 3 is 2.71 bits per heavy atom. The molecule has 1 aromatic rings. The molecule has 1 aromatic heterocycles. The third-order valence-corrected chi connectivity index (χ3v) is 4.83. The maximum absolute atomic E-state index is 12.2. The Bertz CT molecular complexity index is 568. The molecule has 2 unspecified atom stereocenters.